The summed E-state index contributed by atoms with van der Waals surface area (Å²) >= 11 is 0. The van der Waals surface area contributed by atoms with E-state index in [9.17, 15) is 0 Å². The molecule has 168 valence electrons. The van der Waals surface area contributed by atoms with E-state index >= 15 is 0 Å². The van der Waals surface area contributed by atoms with Crippen LogP contribution in [0.15, 0.2) is 71.5 Å². The van der Waals surface area contributed by atoms with Gasteiger partial charge >= 0.3 is 0 Å². The van der Waals surface area contributed by atoms with Gasteiger partial charge in [-0.15, -0.1) is 0 Å². The molecule has 33 heavy (non-hydrogen) atoms. The molecule has 0 amide bonds. The molecule has 5 rings (SSSR count). The minimum atomic E-state index is -0.365. The van der Waals surface area contributed by atoms with Crippen LogP contribution in [0.5, 0.6) is 0 Å². The van der Waals surface area contributed by atoms with E-state index < -0.39 is 0 Å². The second-order valence-corrected chi connectivity index (χ2v) is 8.09. The summed E-state index contributed by atoms with van der Waals surface area (Å²) in [4.78, 5) is 12.9. The Balaban J connectivity index is 1.35. The van der Waals surface area contributed by atoms with Crippen molar-refractivity contribution in [3.05, 3.63) is 89.8 Å². The standard InChI is InChI=1S/C25H25N5O3/c26-24-27-14-20(15-28-24)19-6-8-21(9-7-19)25(10-12-31-13-11-25)23-29-22(33-30-23)17-32-16-18-4-2-1-3-5-18/h1-9,14-15H,10-13,16-17H2,(H2,26,27,28). The molecule has 8 heteroatoms. The maximum Gasteiger partial charge on any atom is 0.252 e. The molecule has 2 N–H and O–H groups in total. The van der Waals surface area contributed by atoms with Crippen LogP contribution in [0, 0.1) is 0 Å². The van der Waals surface area contributed by atoms with E-state index in [-0.39, 0.29) is 18.0 Å². The van der Waals surface area contributed by atoms with Crippen molar-refractivity contribution < 1.29 is 14.0 Å². The fourth-order valence-corrected chi connectivity index (χ4v) is 4.17. The second-order valence-electron chi connectivity index (χ2n) is 8.09. The highest BCUT2D eigenvalue weighted by atomic mass is 16.5. The monoisotopic (exact) mass is 443 g/mol. The maximum atomic E-state index is 5.78. The average molecular weight is 444 g/mol. The number of anilines is 1. The van der Waals surface area contributed by atoms with Gasteiger partial charge in [0.05, 0.1) is 12.0 Å². The number of benzene rings is 2. The molecule has 0 radical (unpaired) electrons. The van der Waals surface area contributed by atoms with Crippen LogP contribution in [0.4, 0.5) is 5.95 Å². The van der Waals surface area contributed by atoms with E-state index in [0.717, 1.165) is 35.1 Å². The van der Waals surface area contributed by atoms with Crippen LogP contribution in [0.3, 0.4) is 0 Å². The van der Waals surface area contributed by atoms with Crippen LogP contribution in [0.25, 0.3) is 11.1 Å². The smallest absolute Gasteiger partial charge is 0.252 e. The SMILES string of the molecule is Nc1ncc(-c2ccc(C3(c4noc(COCc5ccccc5)n4)CCOCC3)cc2)cn1. The summed E-state index contributed by atoms with van der Waals surface area (Å²) in [6.45, 7) is 2.04. The minimum Gasteiger partial charge on any atom is -0.381 e. The summed E-state index contributed by atoms with van der Waals surface area (Å²) in [6.07, 6.45) is 5.01. The van der Waals surface area contributed by atoms with Crippen LogP contribution >= 0.6 is 0 Å². The summed E-state index contributed by atoms with van der Waals surface area (Å²) in [5.74, 6) is 1.41. The van der Waals surface area contributed by atoms with E-state index in [4.69, 9.17) is 24.7 Å². The molecule has 8 nitrogen and oxygen atoms in total. The summed E-state index contributed by atoms with van der Waals surface area (Å²) in [6, 6.07) is 18.4. The molecule has 0 atom stereocenters. The molecule has 1 aliphatic rings. The molecular weight excluding hydrogens is 418 g/mol. The van der Waals surface area contributed by atoms with Crippen molar-refractivity contribution in [2.24, 2.45) is 0 Å². The largest absolute Gasteiger partial charge is 0.381 e. The van der Waals surface area contributed by atoms with Gasteiger partial charge in [0.2, 0.25) is 5.95 Å². The zero-order valence-corrected chi connectivity index (χ0v) is 18.2. The lowest BCUT2D eigenvalue weighted by molar-refractivity contribution is 0.0597. The predicted octanol–water partition coefficient (Wildman–Crippen LogP) is 3.92. The van der Waals surface area contributed by atoms with Gasteiger partial charge < -0.3 is 19.7 Å². The van der Waals surface area contributed by atoms with Crippen LogP contribution in [0.2, 0.25) is 0 Å². The lowest BCUT2D eigenvalue weighted by Crippen LogP contribution is -2.36. The first-order valence-corrected chi connectivity index (χ1v) is 10.9. The molecule has 3 heterocycles. The Morgan fingerprint density at radius 1 is 0.879 bits per heavy atom. The van der Waals surface area contributed by atoms with Gasteiger partial charge in [0.15, 0.2) is 5.82 Å². The predicted molar refractivity (Wildman–Crippen MR) is 122 cm³/mol. The van der Waals surface area contributed by atoms with Crippen LogP contribution in [-0.2, 0) is 28.1 Å². The van der Waals surface area contributed by atoms with Gasteiger partial charge in [-0.3, -0.25) is 0 Å². The molecule has 0 bridgehead atoms. The van der Waals surface area contributed by atoms with Crippen molar-refractivity contribution in [3.63, 3.8) is 0 Å². The average Bonchev–Trinajstić information content (AvgIpc) is 3.35. The summed E-state index contributed by atoms with van der Waals surface area (Å²) in [5.41, 5.74) is 9.40. The summed E-state index contributed by atoms with van der Waals surface area (Å²) < 4.78 is 17.0. The number of hydrogen-bond donors (Lipinski definition) is 1. The van der Waals surface area contributed by atoms with E-state index in [1.165, 1.54) is 0 Å². The van der Waals surface area contributed by atoms with Crippen molar-refractivity contribution in [2.75, 3.05) is 18.9 Å². The lowest BCUT2D eigenvalue weighted by atomic mass is 9.73. The fourth-order valence-electron chi connectivity index (χ4n) is 4.17. The third-order valence-corrected chi connectivity index (χ3v) is 6.02. The highest BCUT2D eigenvalue weighted by Gasteiger charge is 2.40. The van der Waals surface area contributed by atoms with Gasteiger partial charge in [-0.1, -0.05) is 59.8 Å². The Hall–Kier alpha value is -3.62. The third-order valence-electron chi connectivity index (χ3n) is 6.02. The molecule has 1 aliphatic heterocycles. The number of aromatic nitrogens is 4. The Morgan fingerprint density at radius 2 is 1.61 bits per heavy atom. The summed E-state index contributed by atoms with van der Waals surface area (Å²) in [7, 11) is 0. The van der Waals surface area contributed by atoms with Crippen molar-refractivity contribution in [1.29, 1.82) is 0 Å². The molecule has 0 saturated carbocycles. The molecule has 0 unspecified atom stereocenters. The molecule has 1 fully saturated rings. The molecule has 4 aromatic rings. The number of nitrogen functional groups attached to an aromatic ring is 1. The van der Waals surface area contributed by atoms with Crippen molar-refractivity contribution in [1.82, 2.24) is 20.1 Å². The fraction of sp³-hybridized carbons (Fsp3) is 0.280. The quantitative estimate of drug-likeness (QED) is 0.458. The Bertz CT molecular complexity index is 1170. The maximum absolute atomic E-state index is 5.78. The van der Waals surface area contributed by atoms with E-state index in [1.54, 1.807) is 12.4 Å². The van der Waals surface area contributed by atoms with Gasteiger partial charge in [0.1, 0.15) is 6.61 Å². The van der Waals surface area contributed by atoms with Crippen molar-refractivity contribution in [2.45, 2.75) is 31.5 Å². The van der Waals surface area contributed by atoms with Gasteiger partial charge in [-0.25, -0.2) is 9.97 Å². The normalized spacial score (nSPS) is 15.4. The van der Waals surface area contributed by atoms with Crippen LogP contribution < -0.4 is 5.73 Å². The number of nitrogens with zero attached hydrogens (tertiary/aromatic N) is 4. The van der Waals surface area contributed by atoms with E-state index in [1.807, 2.05) is 30.3 Å². The molecule has 0 aliphatic carbocycles. The summed E-state index contributed by atoms with van der Waals surface area (Å²) in [5, 5.41) is 4.35. The molecule has 2 aromatic heterocycles. The van der Waals surface area contributed by atoms with Crippen molar-refractivity contribution in [3.8, 4) is 11.1 Å². The first kappa shape index (κ1) is 21.2. The van der Waals surface area contributed by atoms with Crippen LogP contribution in [0.1, 0.15) is 35.7 Å². The number of rotatable bonds is 7. The van der Waals surface area contributed by atoms with Gasteiger partial charge in [0, 0.05) is 31.2 Å². The van der Waals surface area contributed by atoms with Gasteiger partial charge in [-0.05, 0) is 29.5 Å². The topological polar surface area (TPSA) is 109 Å². The second kappa shape index (κ2) is 9.48. The van der Waals surface area contributed by atoms with E-state index in [0.29, 0.717) is 31.5 Å². The number of nitrogens with two attached hydrogens (primary N) is 1. The minimum absolute atomic E-state index is 0.261. The third kappa shape index (κ3) is 4.62. The van der Waals surface area contributed by atoms with E-state index in [2.05, 4.69) is 39.4 Å². The Morgan fingerprint density at radius 3 is 2.33 bits per heavy atom. The number of ether oxygens (including phenoxy) is 2. The van der Waals surface area contributed by atoms with Crippen LogP contribution in [-0.4, -0.2) is 33.3 Å². The zero-order valence-electron chi connectivity index (χ0n) is 18.2. The molecule has 1 saturated heterocycles. The lowest BCUT2D eigenvalue weighted by Gasteiger charge is -2.35. The Kier molecular flexibility index (Phi) is 6.10. The first-order chi connectivity index (χ1) is 16.2. The van der Waals surface area contributed by atoms with Gasteiger partial charge in [0.25, 0.3) is 5.89 Å². The zero-order chi connectivity index (χ0) is 22.5. The first-order valence-electron chi connectivity index (χ1n) is 10.9. The highest BCUT2D eigenvalue weighted by molar-refractivity contribution is 5.62. The Labute approximate surface area is 191 Å². The van der Waals surface area contributed by atoms with Gasteiger partial charge in [-0.2, -0.15) is 4.98 Å². The molecule has 0 spiro atoms. The molecule has 2 aromatic carbocycles. The molecular formula is C25H25N5O3. The van der Waals surface area contributed by atoms with Crippen molar-refractivity contribution >= 4 is 5.95 Å². The number of hydrogen-bond acceptors (Lipinski definition) is 8. The highest BCUT2D eigenvalue weighted by Crippen LogP contribution is 2.40.